The molecule has 0 saturated heterocycles. The van der Waals surface area contributed by atoms with Crippen molar-refractivity contribution in [1.29, 1.82) is 0 Å². The second-order valence-corrected chi connectivity index (χ2v) is 5.31. The molecule has 0 radical (unpaired) electrons. The third kappa shape index (κ3) is 4.34. The van der Waals surface area contributed by atoms with E-state index in [0.29, 0.717) is 11.6 Å². The van der Waals surface area contributed by atoms with E-state index in [1.165, 1.54) is 6.21 Å². The molecule has 8 heteroatoms. The van der Waals surface area contributed by atoms with Gasteiger partial charge in [-0.25, -0.2) is 0 Å². The van der Waals surface area contributed by atoms with Gasteiger partial charge >= 0.3 is 12.4 Å². The predicted molar refractivity (Wildman–Crippen MR) is 77.8 cm³/mol. The highest BCUT2D eigenvalue weighted by Crippen LogP contribution is 2.43. The van der Waals surface area contributed by atoms with Gasteiger partial charge in [-0.05, 0) is 33.6 Å². The first-order chi connectivity index (χ1) is 10.6. The average molecular weight is 396 g/mol. The second-order valence-electron chi connectivity index (χ2n) is 4.52. The van der Waals surface area contributed by atoms with Crippen LogP contribution in [0.15, 0.2) is 51.9 Å². The number of benzene rings is 2. The monoisotopic (exact) mass is 395 g/mol. The van der Waals surface area contributed by atoms with E-state index in [9.17, 15) is 26.3 Å². The summed E-state index contributed by atoms with van der Waals surface area (Å²) in [5.74, 6) is 0. The SMILES string of the molecule is FC(F)(F)c1cc(N=Cc2ccccc2)c(Br)c(C(F)(F)F)c1. The molecule has 0 fully saturated rings. The molecule has 1 nitrogen and oxygen atoms in total. The largest absolute Gasteiger partial charge is 0.417 e. The van der Waals surface area contributed by atoms with Gasteiger partial charge < -0.3 is 0 Å². The van der Waals surface area contributed by atoms with Crippen LogP contribution in [0.3, 0.4) is 0 Å². The van der Waals surface area contributed by atoms with E-state index in [-0.39, 0.29) is 6.07 Å². The van der Waals surface area contributed by atoms with Gasteiger partial charge in [-0.15, -0.1) is 0 Å². The molecule has 0 aliphatic carbocycles. The van der Waals surface area contributed by atoms with E-state index in [1.54, 1.807) is 30.3 Å². The molecule has 0 N–H and O–H groups in total. The van der Waals surface area contributed by atoms with Crippen molar-refractivity contribution in [3.63, 3.8) is 0 Å². The van der Waals surface area contributed by atoms with E-state index in [4.69, 9.17) is 0 Å². The van der Waals surface area contributed by atoms with Crippen molar-refractivity contribution < 1.29 is 26.3 Å². The third-order valence-electron chi connectivity index (χ3n) is 2.84. The predicted octanol–water partition coefficient (Wildman–Crippen LogP) is 6.24. The van der Waals surface area contributed by atoms with Crippen molar-refractivity contribution in [2.24, 2.45) is 4.99 Å². The van der Waals surface area contributed by atoms with Crippen molar-refractivity contribution in [2.45, 2.75) is 12.4 Å². The summed E-state index contributed by atoms with van der Waals surface area (Å²) < 4.78 is 76.6. The Kier molecular flexibility index (Phi) is 4.84. The van der Waals surface area contributed by atoms with Crippen LogP contribution in [-0.2, 0) is 12.4 Å². The molecule has 2 aromatic rings. The van der Waals surface area contributed by atoms with Crippen LogP contribution in [0.4, 0.5) is 32.0 Å². The maximum absolute atomic E-state index is 12.9. The number of rotatable bonds is 2. The van der Waals surface area contributed by atoms with Gasteiger partial charge in [0.05, 0.1) is 21.3 Å². The first-order valence-electron chi connectivity index (χ1n) is 6.16. The van der Waals surface area contributed by atoms with Crippen LogP contribution in [-0.4, -0.2) is 6.21 Å². The van der Waals surface area contributed by atoms with Crippen LogP contribution in [0.25, 0.3) is 0 Å². The summed E-state index contributed by atoms with van der Waals surface area (Å²) in [5.41, 5.74) is -2.73. The van der Waals surface area contributed by atoms with Crippen molar-refractivity contribution in [3.05, 3.63) is 63.6 Å². The van der Waals surface area contributed by atoms with Gasteiger partial charge in [0.25, 0.3) is 0 Å². The lowest BCUT2D eigenvalue weighted by atomic mass is 10.1. The Morgan fingerprint density at radius 3 is 2.00 bits per heavy atom. The minimum atomic E-state index is -4.93. The van der Waals surface area contributed by atoms with Crippen molar-refractivity contribution in [1.82, 2.24) is 0 Å². The molecular formula is C15H8BrF6N. The molecule has 122 valence electrons. The topological polar surface area (TPSA) is 12.4 Å². The Labute approximate surface area is 135 Å². The van der Waals surface area contributed by atoms with E-state index in [1.807, 2.05) is 0 Å². The van der Waals surface area contributed by atoms with Gasteiger partial charge in [0.2, 0.25) is 0 Å². The molecule has 0 unspecified atom stereocenters. The molecule has 0 aliphatic heterocycles. The summed E-state index contributed by atoms with van der Waals surface area (Å²) >= 11 is 2.69. The summed E-state index contributed by atoms with van der Waals surface area (Å²) in [6.07, 6.45) is -8.64. The van der Waals surface area contributed by atoms with Crippen molar-refractivity contribution in [3.8, 4) is 0 Å². The molecule has 0 atom stereocenters. The van der Waals surface area contributed by atoms with Gasteiger partial charge in [-0.2, -0.15) is 26.3 Å². The molecule has 0 aliphatic rings. The molecule has 0 heterocycles. The van der Waals surface area contributed by atoms with Gasteiger partial charge in [0.15, 0.2) is 0 Å². The molecule has 0 aromatic heterocycles. The Morgan fingerprint density at radius 2 is 1.48 bits per heavy atom. The highest BCUT2D eigenvalue weighted by molar-refractivity contribution is 9.10. The number of halogens is 7. The number of aliphatic imine (C=N–C) groups is 1. The first kappa shape index (κ1) is 17.5. The van der Waals surface area contributed by atoms with E-state index in [2.05, 4.69) is 20.9 Å². The van der Waals surface area contributed by atoms with Gasteiger partial charge in [0.1, 0.15) is 0 Å². The fourth-order valence-corrected chi connectivity index (χ4v) is 2.31. The van der Waals surface area contributed by atoms with Crippen LogP contribution in [0.1, 0.15) is 16.7 Å². The van der Waals surface area contributed by atoms with E-state index >= 15 is 0 Å². The lowest BCUT2D eigenvalue weighted by molar-refractivity contribution is -0.143. The second kappa shape index (κ2) is 6.35. The number of hydrogen-bond donors (Lipinski definition) is 0. The Hall–Kier alpha value is -1.83. The molecule has 0 bridgehead atoms. The zero-order valence-electron chi connectivity index (χ0n) is 11.2. The molecule has 2 rings (SSSR count). The third-order valence-corrected chi connectivity index (χ3v) is 3.67. The number of alkyl halides is 6. The molecule has 0 amide bonds. The van der Waals surface area contributed by atoms with Crippen LogP contribution in [0, 0.1) is 0 Å². The summed E-state index contributed by atoms with van der Waals surface area (Å²) in [4.78, 5) is 3.75. The quantitative estimate of drug-likeness (QED) is 0.421. The summed E-state index contributed by atoms with van der Waals surface area (Å²) in [6.45, 7) is 0. The maximum Gasteiger partial charge on any atom is 0.417 e. The number of nitrogens with zero attached hydrogens (tertiary/aromatic N) is 1. The minimum Gasteiger partial charge on any atom is -0.255 e. The molecule has 2 aromatic carbocycles. The van der Waals surface area contributed by atoms with Gasteiger partial charge in [0, 0.05) is 6.21 Å². The summed E-state index contributed by atoms with van der Waals surface area (Å²) in [6, 6.07) is 8.93. The zero-order valence-corrected chi connectivity index (χ0v) is 12.8. The first-order valence-corrected chi connectivity index (χ1v) is 6.95. The summed E-state index contributed by atoms with van der Waals surface area (Å²) in [5, 5.41) is 0. The Bertz CT molecular complexity index is 719. The molecule has 23 heavy (non-hydrogen) atoms. The minimum absolute atomic E-state index is 0.0611. The molecule has 0 spiro atoms. The standard InChI is InChI=1S/C15H8BrF6N/c16-13-11(15(20,21)22)6-10(14(17,18)19)7-12(13)23-8-9-4-2-1-3-5-9/h1-8H. The summed E-state index contributed by atoms with van der Waals surface area (Å²) in [7, 11) is 0. The highest BCUT2D eigenvalue weighted by Gasteiger charge is 2.39. The average Bonchev–Trinajstić information content (AvgIpc) is 2.44. The van der Waals surface area contributed by atoms with Crippen LogP contribution >= 0.6 is 15.9 Å². The fraction of sp³-hybridized carbons (Fsp3) is 0.133. The van der Waals surface area contributed by atoms with E-state index in [0.717, 1.165) is 0 Å². The van der Waals surface area contributed by atoms with Crippen LogP contribution in [0.5, 0.6) is 0 Å². The zero-order chi connectivity index (χ0) is 17.3. The molecule has 0 saturated carbocycles. The Morgan fingerprint density at radius 1 is 0.870 bits per heavy atom. The normalized spacial score (nSPS) is 12.8. The maximum atomic E-state index is 12.9. The van der Waals surface area contributed by atoms with Crippen LogP contribution in [0.2, 0.25) is 0 Å². The van der Waals surface area contributed by atoms with Gasteiger partial charge in [-0.3, -0.25) is 4.99 Å². The van der Waals surface area contributed by atoms with Gasteiger partial charge in [-0.1, -0.05) is 30.3 Å². The number of hydrogen-bond acceptors (Lipinski definition) is 1. The van der Waals surface area contributed by atoms with E-state index < -0.39 is 33.6 Å². The molecular weight excluding hydrogens is 388 g/mol. The lowest BCUT2D eigenvalue weighted by Crippen LogP contribution is -2.11. The fourth-order valence-electron chi connectivity index (χ4n) is 1.76. The smallest absolute Gasteiger partial charge is 0.255 e. The van der Waals surface area contributed by atoms with Crippen molar-refractivity contribution in [2.75, 3.05) is 0 Å². The Balaban J connectivity index is 2.56. The van der Waals surface area contributed by atoms with Crippen molar-refractivity contribution >= 4 is 27.8 Å². The van der Waals surface area contributed by atoms with Crippen LogP contribution < -0.4 is 0 Å². The highest BCUT2D eigenvalue weighted by atomic mass is 79.9. The lowest BCUT2D eigenvalue weighted by Gasteiger charge is -2.15.